The molecule has 0 amide bonds. The fraction of sp³-hybridized carbons (Fsp3) is 0.611. The van der Waals surface area contributed by atoms with Gasteiger partial charge < -0.3 is 13.8 Å². The Morgan fingerprint density at radius 1 is 1.34 bits per heavy atom. The van der Waals surface area contributed by atoms with Crippen molar-refractivity contribution in [3.05, 3.63) is 23.7 Å². The zero-order valence-corrected chi connectivity index (χ0v) is 17.1. The summed E-state index contributed by atoms with van der Waals surface area (Å²) in [5.41, 5.74) is -0.218. The molecule has 3 heterocycles. The minimum Gasteiger partial charge on any atom is -0.458 e. The largest absolute Gasteiger partial charge is 0.458 e. The molecule has 1 fully saturated rings. The number of sulfonamides is 1. The number of piperidine rings is 1. The molecule has 2 aromatic rings. The lowest BCUT2D eigenvalue weighted by Crippen LogP contribution is -2.41. The van der Waals surface area contributed by atoms with Crippen molar-refractivity contribution in [1.29, 1.82) is 0 Å². The van der Waals surface area contributed by atoms with Crippen LogP contribution in [-0.4, -0.2) is 44.7 Å². The minimum atomic E-state index is -4.69. The molecule has 162 valence electrons. The number of hydrogen-bond acceptors (Lipinski definition) is 6. The molecule has 7 nitrogen and oxygen atoms in total. The summed E-state index contributed by atoms with van der Waals surface area (Å²) < 4.78 is 75.6. The molecule has 1 aliphatic rings. The van der Waals surface area contributed by atoms with Crippen LogP contribution in [-0.2, 0) is 16.2 Å². The van der Waals surface area contributed by atoms with E-state index >= 15 is 0 Å². The van der Waals surface area contributed by atoms with Gasteiger partial charge in [0.15, 0.2) is 5.76 Å². The van der Waals surface area contributed by atoms with E-state index in [9.17, 15) is 21.6 Å². The van der Waals surface area contributed by atoms with Crippen LogP contribution < -0.4 is 4.72 Å². The Labute approximate surface area is 167 Å². The number of nitrogens with one attached hydrogen (secondary N) is 1. The molecule has 0 radical (unpaired) electrons. The second kappa shape index (κ2) is 8.49. The number of alkyl halides is 3. The van der Waals surface area contributed by atoms with Crippen molar-refractivity contribution in [2.45, 2.75) is 44.2 Å². The molecule has 0 spiro atoms. The number of halogens is 3. The molecule has 2 aromatic heterocycles. The fourth-order valence-corrected chi connectivity index (χ4v) is 4.82. The van der Waals surface area contributed by atoms with E-state index in [1.807, 2.05) is 0 Å². The van der Waals surface area contributed by atoms with Crippen molar-refractivity contribution in [2.75, 3.05) is 26.2 Å². The highest BCUT2D eigenvalue weighted by molar-refractivity contribution is 7.89. The molecule has 1 atom stereocenters. The van der Waals surface area contributed by atoms with Crippen molar-refractivity contribution in [3.8, 4) is 11.5 Å². The third kappa shape index (κ3) is 5.20. The summed E-state index contributed by atoms with van der Waals surface area (Å²) >= 11 is 0. The lowest BCUT2D eigenvalue weighted by molar-refractivity contribution is -0.155. The predicted molar refractivity (Wildman–Crippen MR) is 98.6 cm³/mol. The van der Waals surface area contributed by atoms with Crippen LogP contribution in [0.5, 0.6) is 0 Å². The quantitative estimate of drug-likeness (QED) is 0.714. The topological polar surface area (TPSA) is 88.6 Å². The number of likely N-dealkylation sites (tertiary alicyclic amines) is 1. The molecule has 29 heavy (non-hydrogen) atoms. The van der Waals surface area contributed by atoms with Crippen LogP contribution in [0.1, 0.15) is 37.7 Å². The summed E-state index contributed by atoms with van der Waals surface area (Å²) in [4.78, 5) is 2.21. The average Bonchev–Trinajstić information content (AvgIpc) is 3.27. The molecule has 0 saturated carbocycles. The standard InChI is InChI=1S/C18H24F3N3O4S/c1-3-6-24-7-4-5-13(11-24)10-22-29(25,26)16-9-15(27-12(16)2)14-8-17(28-23-14)18(19,20)21/h8-9,13,22H,3-7,10-11H2,1-2H3. The zero-order valence-electron chi connectivity index (χ0n) is 16.3. The van der Waals surface area contributed by atoms with Gasteiger partial charge in [-0.3, -0.25) is 0 Å². The minimum absolute atomic E-state index is 0.0697. The van der Waals surface area contributed by atoms with E-state index in [4.69, 9.17) is 4.42 Å². The highest BCUT2D eigenvalue weighted by Gasteiger charge is 2.37. The molecule has 1 unspecified atom stereocenters. The van der Waals surface area contributed by atoms with E-state index in [1.165, 1.54) is 13.0 Å². The highest BCUT2D eigenvalue weighted by atomic mass is 32.2. The van der Waals surface area contributed by atoms with Crippen LogP contribution in [0.2, 0.25) is 0 Å². The number of rotatable bonds is 7. The Balaban J connectivity index is 1.70. The monoisotopic (exact) mass is 435 g/mol. The SMILES string of the molecule is CCCN1CCCC(CNS(=O)(=O)c2cc(-c3cc(C(F)(F)F)on3)oc2C)C1. The maximum Gasteiger partial charge on any atom is 0.452 e. The summed E-state index contributed by atoms with van der Waals surface area (Å²) in [6.45, 7) is 6.70. The predicted octanol–water partition coefficient (Wildman–Crippen LogP) is 3.66. The second-order valence-electron chi connectivity index (χ2n) is 7.27. The lowest BCUT2D eigenvalue weighted by atomic mass is 9.98. The number of aryl methyl sites for hydroxylation is 1. The van der Waals surface area contributed by atoms with E-state index < -0.39 is 22.0 Å². The molecule has 0 aromatic carbocycles. The van der Waals surface area contributed by atoms with Crippen molar-refractivity contribution in [3.63, 3.8) is 0 Å². The Morgan fingerprint density at radius 3 is 2.76 bits per heavy atom. The number of aromatic nitrogens is 1. The first-order chi connectivity index (χ1) is 13.6. The van der Waals surface area contributed by atoms with Crippen LogP contribution in [0.25, 0.3) is 11.5 Å². The van der Waals surface area contributed by atoms with Crippen molar-refractivity contribution >= 4 is 10.0 Å². The van der Waals surface area contributed by atoms with E-state index in [2.05, 4.69) is 26.2 Å². The van der Waals surface area contributed by atoms with Gasteiger partial charge in [-0.2, -0.15) is 13.2 Å². The Morgan fingerprint density at radius 2 is 2.10 bits per heavy atom. The van der Waals surface area contributed by atoms with E-state index in [0.29, 0.717) is 12.6 Å². The Hall–Kier alpha value is -1.85. The first-order valence-corrected chi connectivity index (χ1v) is 10.9. The number of furan rings is 1. The summed E-state index contributed by atoms with van der Waals surface area (Å²) in [7, 11) is -3.87. The molecule has 0 aliphatic carbocycles. The van der Waals surface area contributed by atoms with Gasteiger partial charge in [0.1, 0.15) is 16.3 Å². The Kier molecular flexibility index (Phi) is 6.39. The van der Waals surface area contributed by atoms with E-state index in [0.717, 1.165) is 38.9 Å². The summed E-state index contributed by atoms with van der Waals surface area (Å²) in [6.07, 6.45) is -1.67. The Bertz CT molecular complexity index is 935. The lowest BCUT2D eigenvalue weighted by Gasteiger charge is -2.32. The van der Waals surface area contributed by atoms with E-state index in [1.54, 1.807) is 0 Å². The van der Waals surface area contributed by atoms with Crippen molar-refractivity contribution in [1.82, 2.24) is 14.8 Å². The van der Waals surface area contributed by atoms with Gasteiger partial charge in [0.05, 0.1) is 0 Å². The van der Waals surface area contributed by atoms with Gasteiger partial charge in [0.2, 0.25) is 15.8 Å². The number of hydrogen-bond donors (Lipinski definition) is 1. The van der Waals surface area contributed by atoms with Gasteiger partial charge in [0, 0.05) is 25.2 Å². The smallest absolute Gasteiger partial charge is 0.452 e. The van der Waals surface area contributed by atoms with Crippen molar-refractivity contribution < 1.29 is 30.5 Å². The van der Waals surface area contributed by atoms with Gasteiger partial charge in [-0.25, -0.2) is 13.1 Å². The normalized spacial score (nSPS) is 19.0. The summed E-state index contributed by atoms with van der Waals surface area (Å²) in [5, 5.41) is 3.33. The van der Waals surface area contributed by atoms with Gasteiger partial charge in [-0.05, 0) is 45.2 Å². The maximum absolute atomic E-state index is 12.7. The van der Waals surface area contributed by atoms with Gasteiger partial charge in [0.25, 0.3) is 0 Å². The van der Waals surface area contributed by atoms with Gasteiger partial charge in [-0.1, -0.05) is 12.1 Å². The average molecular weight is 435 g/mol. The molecular weight excluding hydrogens is 411 g/mol. The summed E-state index contributed by atoms with van der Waals surface area (Å²) in [5.74, 6) is -1.10. The molecule has 11 heteroatoms. The van der Waals surface area contributed by atoms with Gasteiger partial charge in [-0.15, -0.1) is 0 Å². The molecule has 1 saturated heterocycles. The van der Waals surface area contributed by atoms with Crippen LogP contribution in [0.15, 0.2) is 26.0 Å². The van der Waals surface area contributed by atoms with Crippen LogP contribution in [0.4, 0.5) is 13.2 Å². The second-order valence-corrected chi connectivity index (χ2v) is 9.00. The molecule has 0 bridgehead atoms. The molecule has 3 rings (SSSR count). The molecular formula is C18H24F3N3O4S. The van der Waals surface area contributed by atoms with E-state index in [-0.39, 0.29) is 28.0 Å². The van der Waals surface area contributed by atoms with Crippen molar-refractivity contribution in [2.24, 2.45) is 5.92 Å². The van der Waals surface area contributed by atoms with Gasteiger partial charge >= 0.3 is 6.18 Å². The van der Waals surface area contributed by atoms with Crippen LogP contribution in [0.3, 0.4) is 0 Å². The number of nitrogens with zero attached hydrogens (tertiary/aromatic N) is 2. The molecule has 1 aliphatic heterocycles. The fourth-order valence-electron chi connectivity index (χ4n) is 3.53. The third-order valence-corrected chi connectivity index (χ3v) is 6.44. The first kappa shape index (κ1) is 21.8. The molecule has 1 N–H and O–H groups in total. The summed E-state index contributed by atoms with van der Waals surface area (Å²) in [6, 6.07) is 1.84. The van der Waals surface area contributed by atoms with Crippen LogP contribution >= 0.6 is 0 Å². The maximum atomic E-state index is 12.7. The van der Waals surface area contributed by atoms with Crippen LogP contribution in [0, 0.1) is 12.8 Å². The first-order valence-electron chi connectivity index (χ1n) is 9.47. The zero-order chi connectivity index (χ0) is 21.2. The highest BCUT2D eigenvalue weighted by Crippen LogP contribution is 2.34. The third-order valence-electron chi connectivity index (χ3n) is 4.91.